The number of nitrogens with one attached hydrogen (secondary N) is 1. The van der Waals surface area contributed by atoms with Gasteiger partial charge in [-0.3, -0.25) is 0 Å². The van der Waals surface area contributed by atoms with E-state index in [-0.39, 0.29) is 0 Å². The lowest BCUT2D eigenvalue weighted by atomic mass is 9.91. The summed E-state index contributed by atoms with van der Waals surface area (Å²) in [7, 11) is 2.15. The molecule has 1 aliphatic rings. The first-order valence-corrected chi connectivity index (χ1v) is 9.81. The predicted octanol–water partition coefficient (Wildman–Crippen LogP) is 3.31. The van der Waals surface area contributed by atoms with Gasteiger partial charge < -0.3 is 14.4 Å². The second-order valence-corrected chi connectivity index (χ2v) is 7.89. The molecule has 1 aromatic heterocycles. The number of hydrogen-bond acceptors (Lipinski definition) is 3. The fourth-order valence-corrected chi connectivity index (χ4v) is 3.99. The molecule has 0 amide bonds. The first-order chi connectivity index (χ1) is 13.5. The minimum Gasteiger partial charge on any atom is -0.436 e. The molecule has 1 heterocycles. The number of fused-ring (bicyclic) bond motifs is 3. The second-order valence-electron chi connectivity index (χ2n) is 7.89. The Morgan fingerprint density at radius 3 is 2.29 bits per heavy atom. The molecule has 0 radical (unpaired) electrons. The minimum atomic E-state index is -1.35. The van der Waals surface area contributed by atoms with Gasteiger partial charge in [0.25, 0.3) is 0 Å². The van der Waals surface area contributed by atoms with Gasteiger partial charge in [0, 0.05) is 17.5 Å². The lowest BCUT2D eigenvalue weighted by Gasteiger charge is -2.22. The number of hydrogen-bond donors (Lipinski definition) is 2. The number of nitrogens with zero attached hydrogens (tertiary/aromatic N) is 1. The van der Waals surface area contributed by atoms with E-state index in [4.69, 9.17) is 4.42 Å². The third-order valence-electron chi connectivity index (χ3n) is 5.39. The first-order valence-electron chi connectivity index (χ1n) is 9.81. The van der Waals surface area contributed by atoms with E-state index in [1.165, 1.54) is 10.5 Å². The summed E-state index contributed by atoms with van der Waals surface area (Å²) in [6, 6.07) is 15.9. The largest absolute Gasteiger partial charge is 0.436 e. The highest BCUT2D eigenvalue weighted by Crippen LogP contribution is 2.50. The predicted molar refractivity (Wildman–Crippen MR) is 110 cm³/mol. The summed E-state index contributed by atoms with van der Waals surface area (Å²) in [6.45, 7) is 6.01. The average molecular weight is 375 g/mol. The van der Waals surface area contributed by atoms with E-state index < -0.39 is 5.60 Å². The van der Waals surface area contributed by atoms with Crippen molar-refractivity contribution in [2.45, 2.75) is 32.4 Å². The molecule has 3 aromatic rings. The maximum Gasteiger partial charge on any atom is 0.236 e. The van der Waals surface area contributed by atoms with Crippen LogP contribution in [0.3, 0.4) is 0 Å². The van der Waals surface area contributed by atoms with E-state index in [9.17, 15) is 5.11 Å². The molecule has 0 saturated heterocycles. The zero-order valence-corrected chi connectivity index (χ0v) is 16.7. The number of aliphatic hydroxyl groups is 1. The third kappa shape index (κ3) is 3.19. The molecule has 1 atom stereocenters. The SMILES string of the molecule is CC(C)=CCC[NH+](C)Cc1cnc(C2(O)c3ccccc3-c3ccccc32)o1. The molecule has 144 valence electrons. The van der Waals surface area contributed by atoms with Gasteiger partial charge in [-0.05, 0) is 25.0 Å². The molecule has 1 unspecified atom stereocenters. The Morgan fingerprint density at radius 1 is 1.07 bits per heavy atom. The lowest BCUT2D eigenvalue weighted by molar-refractivity contribution is -0.894. The van der Waals surface area contributed by atoms with Crippen LogP contribution in [0.25, 0.3) is 11.1 Å². The number of quaternary nitrogens is 1. The van der Waals surface area contributed by atoms with Crippen molar-refractivity contribution in [2.24, 2.45) is 0 Å². The van der Waals surface area contributed by atoms with E-state index in [2.05, 4.69) is 32.0 Å². The number of rotatable bonds is 6. The van der Waals surface area contributed by atoms with E-state index in [1.807, 2.05) is 48.5 Å². The summed E-state index contributed by atoms with van der Waals surface area (Å²) in [5.41, 5.74) is 3.72. The zero-order valence-electron chi connectivity index (χ0n) is 16.7. The highest BCUT2D eigenvalue weighted by molar-refractivity contribution is 5.81. The Balaban J connectivity index is 1.62. The molecule has 0 fully saturated rings. The van der Waals surface area contributed by atoms with Crippen LogP contribution in [0.5, 0.6) is 0 Å². The Morgan fingerprint density at radius 2 is 1.68 bits per heavy atom. The van der Waals surface area contributed by atoms with Crippen LogP contribution in [0.1, 0.15) is 43.0 Å². The molecular weight excluding hydrogens is 348 g/mol. The van der Waals surface area contributed by atoms with E-state index >= 15 is 0 Å². The van der Waals surface area contributed by atoms with Crippen molar-refractivity contribution in [3.05, 3.63) is 89.2 Å². The summed E-state index contributed by atoms with van der Waals surface area (Å²) in [4.78, 5) is 5.83. The van der Waals surface area contributed by atoms with Gasteiger partial charge in [-0.15, -0.1) is 0 Å². The average Bonchev–Trinajstić information content (AvgIpc) is 3.25. The second kappa shape index (κ2) is 7.38. The quantitative estimate of drug-likeness (QED) is 0.650. The highest BCUT2D eigenvalue weighted by atomic mass is 16.4. The minimum absolute atomic E-state index is 0.344. The highest BCUT2D eigenvalue weighted by Gasteiger charge is 2.46. The Labute approximate surface area is 166 Å². The van der Waals surface area contributed by atoms with E-state index in [0.717, 1.165) is 47.5 Å². The van der Waals surface area contributed by atoms with Crippen molar-refractivity contribution in [1.82, 2.24) is 4.98 Å². The molecule has 4 nitrogen and oxygen atoms in total. The molecule has 2 aromatic carbocycles. The number of aromatic nitrogens is 1. The van der Waals surface area contributed by atoms with Crippen LogP contribution in [0.2, 0.25) is 0 Å². The smallest absolute Gasteiger partial charge is 0.236 e. The van der Waals surface area contributed by atoms with Crippen molar-refractivity contribution in [3.8, 4) is 11.1 Å². The molecule has 0 saturated carbocycles. The van der Waals surface area contributed by atoms with Gasteiger partial charge in [0.15, 0.2) is 11.4 Å². The lowest BCUT2D eigenvalue weighted by Crippen LogP contribution is -3.07. The van der Waals surface area contributed by atoms with Gasteiger partial charge in [-0.2, -0.15) is 0 Å². The van der Waals surface area contributed by atoms with Crippen molar-refractivity contribution in [2.75, 3.05) is 13.6 Å². The van der Waals surface area contributed by atoms with Crippen LogP contribution in [-0.4, -0.2) is 23.7 Å². The fourth-order valence-electron chi connectivity index (χ4n) is 3.99. The van der Waals surface area contributed by atoms with Crippen molar-refractivity contribution < 1.29 is 14.4 Å². The number of allylic oxidation sites excluding steroid dienone is 1. The normalized spacial score (nSPS) is 15.0. The number of benzene rings is 2. The van der Waals surface area contributed by atoms with Crippen LogP contribution in [0.15, 0.2) is 70.8 Å². The fraction of sp³-hybridized carbons (Fsp3) is 0.292. The van der Waals surface area contributed by atoms with Crippen molar-refractivity contribution in [3.63, 3.8) is 0 Å². The van der Waals surface area contributed by atoms with Crippen LogP contribution in [-0.2, 0) is 12.1 Å². The molecular formula is C24H27N2O2+. The maximum atomic E-state index is 11.7. The van der Waals surface area contributed by atoms with Gasteiger partial charge >= 0.3 is 0 Å². The van der Waals surface area contributed by atoms with Crippen LogP contribution >= 0.6 is 0 Å². The summed E-state index contributed by atoms with van der Waals surface area (Å²) >= 11 is 0. The molecule has 28 heavy (non-hydrogen) atoms. The summed E-state index contributed by atoms with van der Waals surface area (Å²) in [5.74, 6) is 1.14. The molecule has 4 rings (SSSR count). The molecule has 2 N–H and O–H groups in total. The standard InChI is InChI=1S/C24H26N2O2/c1-17(2)9-8-14-26(3)16-18-15-25-23(28-18)24(27)21-12-6-4-10-19(21)20-11-5-7-13-22(20)24/h4-7,9-13,15,27H,8,14,16H2,1-3H3/p+1. The van der Waals surface area contributed by atoms with E-state index in [1.54, 1.807) is 6.20 Å². The topological polar surface area (TPSA) is 50.7 Å². The summed E-state index contributed by atoms with van der Waals surface area (Å²) < 4.78 is 6.09. The van der Waals surface area contributed by atoms with Crippen molar-refractivity contribution in [1.29, 1.82) is 0 Å². The van der Waals surface area contributed by atoms with Crippen molar-refractivity contribution >= 4 is 0 Å². The Bertz CT molecular complexity index is 969. The zero-order chi connectivity index (χ0) is 19.7. The summed E-state index contributed by atoms with van der Waals surface area (Å²) in [6.07, 6.45) is 5.05. The first kappa shape index (κ1) is 18.7. The molecule has 0 aliphatic heterocycles. The molecule has 1 aliphatic carbocycles. The molecule has 4 heteroatoms. The maximum absolute atomic E-state index is 11.7. The van der Waals surface area contributed by atoms with Crippen LogP contribution < -0.4 is 4.90 Å². The van der Waals surface area contributed by atoms with Gasteiger partial charge in [-0.25, -0.2) is 4.98 Å². The van der Waals surface area contributed by atoms with Gasteiger partial charge in [0.2, 0.25) is 5.89 Å². The van der Waals surface area contributed by atoms with Gasteiger partial charge in [0.05, 0.1) is 19.8 Å². The number of oxazole rings is 1. The van der Waals surface area contributed by atoms with Crippen LogP contribution in [0, 0.1) is 0 Å². The van der Waals surface area contributed by atoms with Gasteiger partial charge in [0.1, 0.15) is 6.54 Å². The summed E-state index contributed by atoms with van der Waals surface area (Å²) in [5, 5.41) is 11.7. The third-order valence-corrected chi connectivity index (χ3v) is 5.39. The van der Waals surface area contributed by atoms with Crippen LogP contribution in [0.4, 0.5) is 0 Å². The Hall–Kier alpha value is -2.69. The Kier molecular flexibility index (Phi) is 4.92. The monoisotopic (exact) mass is 375 g/mol. The molecule has 0 spiro atoms. The molecule has 0 bridgehead atoms. The van der Waals surface area contributed by atoms with Gasteiger partial charge in [-0.1, -0.05) is 60.2 Å². The van der Waals surface area contributed by atoms with E-state index in [0.29, 0.717) is 5.89 Å².